The van der Waals surface area contributed by atoms with Crippen LogP contribution in [0.1, 0.15) is 59.3 Å². The highest BCUT2D eigenvalue weighted by molar-refractivity contribution is 6.31. The molecule has 8 N–H and O–H groups in total. The third-order valence-electron chi connectivity index (χ3n) is 10.5. The van der Waals surface area contributed by atoms with Crippen LogP contribution in [-0.4, -0.2) is 116 Å². The van der Waals surface area contributed by atoms with Crippen molar-refractivity contribution >= 4 is 23.2 Å². The molecule has 0 bridgehead atoms. The van der Waals surface area contributed by atoms with Gasteiger partial charge in [0.05, 0.1) is 50.5 Å². The summed E-state index contributed by atoms with van der Waals surface area (Å²) in [5, 5.41) is 80.3. The third-order valence-corrected chi connectivity index (χ3v) is 11.3. The van der Waals surface area contributed by atoms with Gasteiger partial charge in [0.2, 0.25) is 0 Å². The van der Waals surface area contributed by atoms with Crippen molar-refractivity contribution in [3.05, 3.63) is 128 Å². The summed E-state index contributed by atoms with van der Waals surface area (Å²) in [6.07, 6.45) is -10.7. The molecule has 1 aliphatic heterocycles. The third kappa shape index (κ3) is 10.3. The Labute approximate surface area is 345 Å². The Morgan fingerprint density at radius 2 is 1.05 bits per heavy atom. The quantitative estimate of drug-likeness (QED) is 0.0996. The van der Waals surface area contributed by atoms with E-state index < -0.39 is 79.8 Å². The fraction of sp³-hybridized carbons (Fsp3) is 0.442. The predicted molar refractivity (Wildman–Crippen MR) is 213 cm³/mol. The Morgan fingerprint density at radius 1 is 0.586 bits per heavy atom. The lowest BCUT2D eigenvalue weighted by molar-refractivity contribution is -0.232. The molecule has 1 saturated heterocycles. The van der Waals surface area contributed by atoms with Crippen molar-refractivity contribution in [1.29, 1.82) is 0 Å². The molecule has 4 aromatic carbocycles. The summed E-state index contributed by atoms with van der Waals surface area (Å²) >= 11 is 12.6. The Balaban J connectivity index is 0.000000221. The SMILES string of the molecule is CCOc1ccc(Cc2cc([C@@H]3O[C@H](CO)[C@@H](O)[C@H](O)[C@H]3O)ccc2Cl)cc1.CCOc1ccc(Cc2cc([C@H]3[C@H](O)[C@@H](O)[C@H](O)[C@@H](CO)C3(F)F)ccc2Cl)cc1. The second kappa shape index (κ2) is 20.2. The number of alkyl halides is 2. The summed E-state index contributed by atoms with van der Waals surface area (Å²) in [7, 11) is 0. The fourth-order valence-corrected chi connectivity index (χ4v) is 7.73. The molecule has 0 radical (unpaired) electrons. The van der Waals surface area contributed by atoms with E-state index in [1.165, 1.54) is 18.2 Å². The van der Waals surface area contributed by atoms with Crippen molar-refractivity contribution in [2.45, 2.75) is 87.4 Å². The van der Waals surface area contributed by atoms with E-state index in [2.05, 4.69) is 0 Å². The first-order chi connectivity index (χ1) is 27.6. The molecule has 6 rings (SSSR count). The number of hydrogen-bond acceptors (Lipinski definition) is 11. The topological polar surface area (TPSA) is 190 Å². The molecular weight excluding hydrogens is 801 g/mol. The van der Waals surface area contributed by atoms with Gasteiger partial charge in [-0.25, -0.2) is 8.78 Å². The van der Waals surface area contributed by atoms with E-state index >= 15 is 8.78 Å². The predicted octanol–water partition coefficient (Wildman–Crippen LogP) is 4.60. The zero-order valence-electron chi connectivity index (χ0n) is 31.9. The molecule has 11 nitrogen and oxygen atoms in total. The first-order valence-corrected chi connectivity index (χ1v) is 19.7. The van der Waals surface area contributed by atoms with Crippen molar-refractivity contribution in [2.75, 3.05) is 26.4 Å². The molecule has 1 saturated carbocycles. The van der Waals surface area contributed by atoms with Crippen molar-refractivity contribution < 1.29 is 63.8 Å². The lowest BCUT2D eigenvalue weighted by atomic mass is 9.70. The highest BCUT2D eigenvalue weighted by atomic mass is 35.5. The van der Waals surface area contributed by atoms with Gasteiger partial charge in [-0.05, 0) is 96.5 Å². The molecular formula is C43H50Cl2F2O11. The summed E-state index contributed by atoms with van der Waals surface area (Å²) in [6, 6.07) is 24.5. The summed E-state index contributed by atoms with van der Waals surface area (Å²) in [6.45, 7) is 3.46. The average Bonchev–Trinajstić information content (AvgIpc) is 3.20. The molecule has 2 aliphatic rings. The monoisotopic (exact) mass is 850 g/mol. The van der Waals surface area contributed by atoms with Crippen molar-refractivity contribution in [3.8, 4) is 11.5 Å². The van der Waals surface area contributed by atoms with E-state index in [9.17, 15) is 40.9 Å². The number of halogens is 4. The van der Waals surface area contributed by atoms with Crippen LogP contribution in [0.4, 0.5) is 8.78 Å². The van der Waals surface area contributed by atoms with Gasteiger partial charge in [0.25, 0.3) is 5.92 Å². The smallest absolute Gasteiger partial charge is 0.264 e. The van der Waals surface area contributed by atoms with Crippen LogP contribution in [0.2, 0.25) is 10.0 Å². The van der Waals surface area contributed by atoms with Crippen LogP contribution in [0.3, 0.4) is 0 Å². The zero-order valence-corrected chi connectivity index (χ0v) is 33.4. The number of rotatable bonds is 12. The Hall–Kier alpha value is -3.44. The highest BCUT2D eigenvalue weighted by Gasteiger charge is 2.61. The molecule has 10 atom stereocenters. The molecule has 4 aromatic rings. The van der Waals surface area contributed by atoms with Gasteiger partial charge in [-0.15, -0.1) is 0 Å². The summed E-state index contributed by atoms with van der Waals surface area (Å²) in [4.78, 5) is 0. The van der Waals surface area contributed by atoms with Crippen molar-refractivity contribution in [3.63, 3.8) is 0 Å². The van der Waals surface area contributed by atoms with Gasteiger partial charge >= 0.3 is 0 Å². The van der Waals surface area contributed by atoms with Gasteiger partial charge in [0.15, 0.2) is 0 Å². The Bertz CT molecular complexity index is 1920. The maximum atomic E-state index is 15.0. The Kier molecular flexibility index (Phi) is 15.9. The van der Waals surface area contributed by atoms with Gasteiger partial charge in [0, 0.05) is 10.0 Å². The molecule has 1 heterocycles. The van der Waals surface area contributed by atoms with Gasteiger partial charge in [-0.1, -0.05) is 71.7 Å². The second-order valence-corrected chi connectivity index (χ2v) is 15.2. The number of aliphatic hydroxyl groups excluding tert-OH is 8. The van der Waals surface area contributed by atoms with Crippen molar-refractivity contribution in [2.24, 2.45) is 5.92 Å². The zero-order chi connectivity index (χ0) is 42.3. The lowest BCUT2D eigenvalue weighted by Gasteiger charge is -2.45. The van der Waals surface area contributed by atoms with Crippen molar-refractivity contribution in [1.82, 2.24) is 0 Å². The fourth-order valence-electron chi connectivity index (χ4n) is 7.36. The molecule has 58 heavy (non-hydrogen) atoms. The standard InChI is InChI=1S/C22H25ClF2O5.C21H25ClO6/c1-2-30-15-6-3-12(4-7-15)9-14-10-13(5-8-17(14)23)18-20(28)21(29)19(27)16(11-26)22(18,24)25;1-2-27-15-6-3-12(4-7-15)9-14-10-13(5-8-16(14)22)21-20(26)19(25)18(24)17(11-23)28-21/h3-8,10,16,18-21,26-29H,2,9,11H2,1H3;3-8,10,17-21,23-26H,2,9,11H2,1H3/t16-,18+,19-,20+,21+;17-,18-,19+,20-,21+/m11/s1. The molecule has 316 valence electrons. The van der Waals surface area contributed by atoms with Crippen LogP contribution in [0.15, 0.2) is 84.9 Å². The first-order valence-electron chi connectivity index (χ1n) is 19.0. The van der Waals surface area contributed by atoms with Crippen LogP contribution in [0, 0.1) is 5.92 Å². The van der Waals surface area contributed by atoms with E-state index in [-0.39, 0.29) is 5.56 Å². The summed E-state index contributed by atoms with van der Waals surface area (Å²) < 4.78 is 46.6. The van der Waals surface area contributed by atoms with Crippen LogP contribution < -0.4 is 9.47 Å². The average molecular weight is 852 g/mol. The van der Waals surface area contributed by atoms with Crippen LogP contribution in [0.5, 0.6) is 11.5 Å². The second-order valence-electron chi connectivity index (χ2n) is 14.4. The van der Waals surface area contributed by atoms with Gasteiger partial charge in [-0.2, -0.15) is 0 Å². The molecule has 0 aromatic heterocycles. The number of benzene rings is 4. The molecule has 0 spiro atoms. The van der Waals surface area contributed by atoms with Crippen LogP contribution >= 0.6 is 23.2 Å². The highest BCUT2D eigenvalue weighted by Crippen LogP contribution is 2.49. The van der Waals surface area contributed by atoms with E-state index in [4.69, 9.17) is 37.4 Å². The minimum Gasteiger partial charge on any atom is -0.494 e. The first kappa shape index (κ1) is 45.6. The van der Waals surface area contributed by atoms with Gasteiger partial charge in [0.1, 0.15) is 48.1 Å². The van der Waals surface area contributed by atoms with Crippen LogP contribution in [-0.2, 0) is 17.6 Å². The van der Waals surface area contributed by atoms with Gasteiger partial charge < -0.3 is 55.1 Å². The van der Waals surface area contributed by atoms with Crippen LogP contribution in [0.25, 0.3) is 0 Å². The minimum atomic E-state index is -3.64. The van der Waals surface area contributed by atoms with E-state index in [1.54, 1.807) is 24.3 Å². The number of hydrogen-bond donors (Lipinski definition) is 8. The molecule has 15 heteroatoms. The number of aliphatic hydroxyl groups is 8. The molecule has 2 fully saturated rings. The summed E-state index contributed by atoms with van der Waals surface area (Å²) in [5.74, 6) is -5.83. The molecule has 0 unspecified atom stereocenters. The largest absolute Gasteiger partial charge is 0.494 e. The van der Waals surface area contributed by atoms with E-state index in [0.29, 0.717) is 53.0 Å². The Morgan fingerprint density at radius 3 is 1.52 bits per heavy atom. The molecule has 0 amide bonds. The maximum absolute atomic E-state index is 15.0. The number of ether oxygens (including phenoxy) is 3. The molecule has 1 aliphatic carbocycles. The normalized spacial score (nSPS) is 28.0. The van der Waals surface area contributed by atoms with Gasteiger partial charge in [-0.3, -0.25) is 0 Å². The lowest BCUT2D eigenvalue weighted by Crippen LogP contribution is -2.61. The minimum absolute atomic E-state index is 0.0715. The van der Waals surface area contributed by atoms with E-state index in [0.717, 1.165) is 22.4 Å². The van der Waals surface area contributed by atoms with E-state index in [1.807, 2.05) is 56.3 Å². The summed E-state index contributed by atoms with van der Waals surface area (Å²) in [5.41, 5.74) is 4.01. The maximum Gasteiger partial charge on any atom is 0.264 e.